The number of methoxy groups -OCH3 is 1. The molecule has 0 spiro atoms. The Labute approximate surface area is 168 Å². The zero-order valence-corrected chi connectivity index (χ0v) is 16.3. The minimum absolute atomic E-state index is 0.0428. The van der Waals surface area contributed by atoms with Crippen molar-refractivity contribution in [1.82, 2.24) is 5.01 Å². The molecule has 28 heavy (non-hydrogen) atoms. The SMILES string of the molecule is COc1ccc(C2=NN(C(=O)CSc3ccccc3)[C@@H](c3ccco3)C2)cc1. The Bertz CT molecular complexity index is 953. The number of ether oxygens (including phenoxy) is 1. The number of carbonyl (C=O) groups is 1. The van der Waals surface area contributed by atoms with Crippen LogP contribution in [-0.2, 0) is 4.79 Å². The molecule has 6 heteroatoms. The molecule has 0 bridgehead atoms. The maximum absolute atomic E-state index is 12.9. The van der Waals surface area contributed by atoms with E-state index in [1.807, 2.05) is 66.7 Å². The number of nitrogens with zero attached hydrogens (tertiary/aromatic N) is 2. The van der Waals surface area contributed by atoms with Gasteiger partial charge >= 0.3 is 0 Å². The third-order valence-corrected chi connectivity index (χ3v) is 5.56. The smallest absolute Gasteiger partial charge is 0.253 e. The molecule has 3 aromatic rings. The minimum Gasteiger partial charge on any atom is -0.497 e. The van der Waals surface area contributed by atoms with Crippen LogP contribution in [0.15, 0.2) is 87.4 Å². The van der Waals surface area contributed by atoms with Crippen LogP contribution in [0, 0.1) is 0 Å². The van der Waals surface area contributed by atoms with E-state index in [0.29, 0.717) is 12.2 Å². The summed E-state index contributed by atoms with van der Waals surface area (Å²) in [7, 11) is 1.64. The van der Waals surface area contributed by atoms with Gasteiger partial charge in [0.15, 0.2) is 0 Å². The Balaban J connectivity index is 1.55. The Hall–Kier alpha value is -2.99. The summed E-state index contributed by atoms with van der Waals surface area (Å²) >= 11 is 1.51. The van der Waals surface area contributed by atoms with Gasteiger partial charge in [-0.15, -0.1) is 11.8 Å². The number of benzene rings is 2. The summed E-state index contributed by atoms with van der Waals surface area (Å²) in [5.41, 5.74) is 1.84. The number of hydrogen-bond donors (Lipinski definition) is 0. The topological polar surface area (TPSA) is 55.0 Å². The van der Waals surface area contributed by atoms with Crippen LogP contribution < -0.4 is 4.74 Å². The van der Waals surface area contributed by atoms with Crippen LogP contribution in [0.2, 0.25) is 0 Å². The summed E-state index contributed by atoms with van der Waals surface area (Å²) in [4.78, 5) is 14.0. The lowest BCUT2D eigenvalue weighted by molar-refractivity contribution is -0.130. The summed E-state index contributed by atoms with van der Waals surface area (Å²) < 4.78 is 10.8. The monoisotopic (exact) mass is 392 g/mol. The van der Waals surface area contributed by atoms with E-state index in [1.54, 1.807) is 18.4 Å². The third kappa shape index (κ3) is 3.97. The number of hydrogen-bond acceptors (Lipinski definition) is 5. The molecule has 0 saturated carbocycles. The van der Waals surface area contributed by atoms with Gasteiger partial charge in [0.05, 0.1) is 24.8 Å². The van der Waals surface area contributed by atoms with E-state index in [-0.39, 0.29) is 11.9 Å². The maximum Gasteiger partial charge on any atom is 0.253 e. The zero-order chi connectivity index (χ0) is 19.3. The average Bonchev–Trinajstić information content (AvgIpc) is 3.42. The Kier molecular flexibility index (Phi) is 5.48. The van der Waals surface area contributed by atoms with Gasteiger partial charge in [0.25, 0.3) is 5.91 Å². The lowest BCUT2D eigenvalue weighted by atomic mass is 10.0. The van der Waals surface area contributed by atoms with Crippen molar-refractivity contribution in [2.75, 3.05) is 12.9 Å². The van der Waals surface area contributed by atoms with Gasteiger partial charge in [-0.1, -0.05) is 18.2 Å². The molecule has 1 aromatic heterocycles. The number of furan rings is 1. The standard InChI is InChI=1S/C22H20N2O3S/c1-26-17-11-9-16(10-12-17)19-14-20(21-8-5-13-27-21)24(23-19)22(25)15-28-18-6-3-2-4-7-18/h2-13,20H,14-15H2,1H3/t20-/m1/s1. The second-order valence-corrected chi connectivity index (χ2v) is 7.40. The predicted molar refractivity (Wildman–Crippen MR) is 110 cm³/mol. The molecule has 2 heterocycles. The molecule has 1 atom stereocenters. The van der Waals surface area contributed by atoms with Crippen LogP contribution in [0.1, 0.15) is 23.8 Å². The molecular weight excluding hydrogens is 372 g/mol. The highest BCUT2D eigenvalue weighted by molar-refractivity contribution is 8.00. The lowest BCUT2D eigenvalue weighted by Crippen LogP contribution is -2.28. The molecule has 0 fully saturated rings. The molecule has 4 rings (SSSR count). The first-order valence-electron chi connectivity index (χ1n) is 9.00. The molecule has 0 radical (unpaired) electrons. The van der Waals surface area contributed by atoms with Crippen LogP contribution in [0.4, 0.5) is 0 Å². The van der Waals surface area contributed by atoms with Crippen molar-refractivity contribution in [3.05, 3.63) is 84.3 Å². The summed E-state index contributed by atoms with van der Waals surface area (Å²) in [5, 5.41) is 6.21. The molecule has 0 unspecified atom stereocenters. The highest BCUT2D eigenvalue weighted by atomic mass is 32.2. The van der Waals surface area contributed by atoms with Crippen LogP contribution in [0.3, 0.4) is 0 Å². The van der Waals surface area contributed by atoms with Gasteiger partial charge in [0, 0.05) is 11.3 Å². The van der Waals surface area contributed by atoms with Crippen molar-refractivity contribution < 1.29 is 13.9 Å². The highest BCUT2D eigenvalue weighted by Crippen LogP contribution is 2.34. The van der Waals surface area contributed by atoms with Gasteiger partial charge in [-0.3, -0.25) is 4.79 Å². The molecule has 142 valence electrons. The highest BCUT2D eigenvalue weighted by Gasteiger charge is 2.34. The Morgan fingerprint density at radius 3 is 2.61 bits per heavy atom. The summed E-state index contributed by atoms with van der Waals surface area (Å²) in [6.07, 6.45) is 2.24. The molecule has 2 aromatic carbocycles. The minimum atomic E-state index is -0.226. The van der Waals surface area contributed by atoms with Crippen molar-refractivity contribution in [2.45, 2.75) is 17.4 Å². The fraction of sp³-hybridized carbons (Fsp3) is 0.182. The molecule has 0 N–H and O–H groups in total. The number of amides is 1. The Morgan fingerprint density at radius 2 is 1.93 bits per heavy atom. The predicted octanol–water partition coefficient (Wildman–Crippen LogP) is 4.76. The first-order chi connectivity index (χ1) is 13.7. The molecular formula is C22H20N2O3S. The summed E-state index contributed by atoms with van der Waals surface area (Å²) in [6.45, 7) is 0. The zero-order valence-electron chi connectivity index (χ0n) is 15.4. The number of rotatable bonds is 6. The van der Waals surface area contributed by atoms with E-state index in [2.05, 4.69) is 5.10 Å². The third-order valence-electron chi connectivity index (χ3n) is 4.57. The largest absolute Gasteiger partial charge is 0.497 e. The van der Waals surface area contributed by atoms with Crippen LogP contribution in [0.5, 0.6) is 5.75 Å². The van der Waals surface area contributed by atoms with Gasteiger partial charge < -0.3 is 9.15 Å². The van der Waals surface area contributed by atoms with Crippen LogP contribution >= 0.6 is 11.8 Å². The van der Waals surface area contributed by atoms with Crippen molar-refractivity contribution in [2.24, 2.45) is 5.10 Å². The summed E-state index contributed by atoms with van der Waals surface area (Å²) in [6, 6.07) is 21.1. The maximum atomic E-state index is 12.9. The van der Waals surface area contributed by atoms with Gasteiger partial charge in [-0.25, -0.2) is 5.01 Å². The first kappa shape index (κ1) is 18.4. The second-order valence-electron chi connectivity index (χ2n) is 6.35. The molecule has 0 saturated heterocycles. The van der Waals surface area contributed by atoms with E-state index in [9.17, 15) is 4.79 Å². The van der Waals surface area contributed by atoms with Gasteiger partial charge in [-0.2, -0.15) is 5.10 Å². The fourth-order valence-electron chi connectivity index (χ4n) is 3.13. The van der Waals surface area contributed by atoms with Crippen molar-refractivity contribution in [3.63, 3.8) is 0 Å². The molecule has 0 aliphatic carbocycles. The van der Waals surface area contributed by atoms with Crippen LogP contribution in [0.25, 0.3) is 0 Å². The molecule has 1 aliphatic rings. The van der Waals surface area contributed by atoms with E-state index in [4.69, 9.17) is 9.15 Å². The van der Waals surface area contributed by atoms with Gasteiger partial charge in [0.2, 0.25) is 0 Å². The van der Waals surface area contributed by atoms with E-state index in [0.717, 1.165) is 27.7 Å². The number of hydrazone groups is 1. The number of thioether (sulfide) groups is 1. The number of carbonyl (C=O) groups excluding carboxylic acids is 1. The van der Waals surface area contributed by atoms with Crippen LogP contribution in [-0.4, -0.2) is 29.5 Å². The molecule has 1 aliphatic heterocycles. The van der Waals surface area contributed by atoms with Gasteiger partial charge in [0.1, 0.15) is 17.6 Å². The van der Waals surface area contributed by atoms with Crippen molar-refractivity contribution in [3.8, 4) is 5.75 Å². The molecule has 1 amide bonds. The van der Waals surface area contributed by atoms with Crippen molar-refractivity contribution in [1.29, 1.82) is 0 Å². The average molecular weight is 392 g/mol. The second kappa shape index (κ2) is 8.35. The van der Waals surface area contributed by atoms with E-state index in [1.165, 1.54) is 11.8 Å². The fourth-order valence-corrected chi connectivity index (χ4v) is 3.90. The van der Waals surface area contributed by atoms with E-state index >= 15 is 0 Å². The summed E-state index contributed by atoms with van der Waals surface area (Å²) in [5.74, 6) is 1.81. The quantitative estimate of drug-likeness (QED) is 0.568. The van der Waals surface area contributed by atoms with Crippen molar-refractivity contribution >= 4 is 23.4 Å². The van der Waals surface area contributed by atoms with E-state index < -0.39 is 0 Å². The Morgan fingerprint density at radius 1 is 1.14 bits per heavy atom. The van der Waals surface area contributed by atoms with Gasteiger partial charge in [-0.05, 0) is 54.1 Å². The normalized spacial score (nSPS) is 16.1. The lowest BCUT2D eigenvalue weighted by Gasteiger charge is -2.19. The molecule has 5 nitrogen and oxygen atoms in total. The first-order valence-corrected chi connectivity index (χ1v) is 9.98.